The highest BCUT2D eigenvalue weighted by Crippen LogP contribution is 2.40. The van der Waals surface area contributed by atoms with E-state index in [0.717, 1.165) is 26.2 Å². The van der Waals surface area contributed by atoms with Gasteiger partial charge in [0.15, 0.2) is 5.69 Å². The van der Waals surface area contributed by atoms with E-state index < -0.39 is 38.6 Å². The maximum atomic E-state index is 12.8. The van der Waals surface area contributed by atoms with E-state index in [4.69, 9.17) is 0 Å². The third-order valence-electron chi connectivity index (χ3n) is 4.00. The molecule has 2 rings (SSSR count). The lowest BCUT2D eigenvalue weighted by Gasteiger charge is -2.22. The number of rotatable bonds is 6. The van der Waals surface area contributed by atoms with E-state index >= 15 is 0 Å². The number of nitro benzene ring substituents is 2. The fourth-order valence-electron chi connectivity index (χ4n) is 2.74. The van der Waals surface area contributed by atoms with Gasteiger partial charge in [0.1, 0.15) is 26.2 Å². The molecule has 0 spiro atoms. The van der Waals surface area contributed by atoms with Gasteiger partial charge in [-0.05, 0) is 0 Å². The summed E-state index contributed by atoms with van der Waals surface area (Å²) in [5.74, 6) is 0. The fraction of sp³-hybridized carbons (Fsp3) is 0.538. The molecule has 12 heteroatoms. The van der Waals surface area contributed by atoms with Crippen LogP contribution in [0.15, 0.2) is 12.1 Å². The van der Waals surface area contributed by atoms with Crippen molar-refractivity contribution in [1.29, 1.82) is 0 Å². The minimum atomic E-state index is -4.91. The highest BCUT2D eigenvalue weighted by molar-refractivity contribution is 5.75. The van der Waals surface area contributed by atoms with E-state index in [-0.39, 0.29) is 6.54 Å². The first kappa shape index (κ1) is 18.9. The first-order chi connectivity index (χ1) is 11.7. The lowest BCUT2D eigenvalue weighted by Crippen LogP contribution is -3.20. The highest BCUT2D eigenvalue weighted by Gasteiger charge is 2.37. The zero-order valence-electron chi connectivity index (χ0n) is 13.1. The van der Waals surface area contributed by atoms with Gasteiger partial charge < -0.3 is 15.5 Å². The molecule has 0 amide bonds. The average molecular weight is 365 g/mol. The van der Waals surface area contributed by atoms with Gasteiger partial charge in [-0.3, -0.25) is 20.2 Å². The molecule has 9 nitrogen and oxygen atoms in total. The Morgan fingerprint density at radius 3 is 2.08 bits per heavy atom. The normalized spacial score (nSPS) is 15.8. The standard InChI is InChI=1S/C13H16F3N5O4/c14-13(15,16)9-7-10(20(22)23)12(11(8-9)21(24)25)18-3-6-19-4-1-17-2-5-19/h7-8,17-18H,1-6H2/p+2. The SMILES string of the molecule is O=[N+]([O-])c1cc(C(F)(F)F)cc([N+](=O)[O-])c1NCC[NH+]1CC[NH2+]CC1. The molecule has 0 saturated carbocycles. The molecule has 0 atom stereocenters. The zero-order valence-corrected chi connectivity index (χ0v) is 13.1. The van der Waals surface area contributed by atoms with Crippen LogP contribution >= 0.6 is 0 Å². The van der Waals surface area contributed by atoms with Gasteiger partial charge in [-0.2, -0.15) is 13.2 Å². The van der Waals surface area contributed by atoms with Crippen LogP contribution in [0, 0.1) is 20.2 Å². The molecule has 4 N–H and O–H groups in total. The molecule has 138 valence electrons. The van der Waals surface area contributed by atoms with Crippen molar-refractivity contribution < 1.29 is 33.2 Å². The summed E-state index contributed by atoms with van der Waals surface area (Å²) in [7, 11) is 0. The van der Waals surface area contributed by atoms with Gasteiger partial charge >= 0.3 is 6.18 Å². The van der Waals surface area contributed by atoms with E-state index in [0.29, 0.717) is 18.7 Å². The maximum absolute atomic E-state index is 12.8. The largest absolute Gasteiger partial charge is 0.416 e. The summed E-state index contributed by atoms with van der Waals surface area (Å²) in [5.41, 5.74) is -3.83. The van der Waals surface area contributed by atoms with Crippen molar-refractivity contribution in [3.05, 3.63) is 37.9 Å². The van der Waals surface area contributed by atoms with Crippen molar-refractivity contribution >= 4 is 17.1 Å². The van der Waals surface area contributed by atoms with Crippen LogP contribution < -0.4 is 15.5 Å². The Hall–Kier alpha value is -2.47. The summed E-state index contributed by atoms with van der Waals surface area (Å²) in [6, 6.07) is 0.635. The van der Waals surface area contributed by atoms with Crippen LogP contribution in [-0.2, 0) is 6.18 Å². The second kappa shape index (κ2) is 7.61. The van der Waals surface area contributed by atoms with Crippen LogP contribution in [0.5, 0.6) is 0 Å². The van der Waals surface area contributed by atoms with Gasteiger partial charge in [0.25, 0.3) is 11.4 Å². The van der Waals surface area contributed by atoms with E-state index in [1.807, 2.05) is 0 Å². The first-order valence-corrected chi connectivity index (χ1v) is 7.63. The van der Waals surface area contributed by atoms with Crippen LogP contribution in [0.1, 0.15) is 5.56 Å². The number of alkyl halides is 3. The van der Waals surface area contributed by atoms with Crippen LogP contribution in [0.4, 0.5) is 30.2 Å². The molecule has 0 aromatic heterocycles. The minimum Gasteiger partial charge on any atom is -0.368 e. The van der Waals surface area contributed by atoms with Gasteiger partial charge in [0.05, 0.1) is 28.5 Å². The second-order valence-corrected chi connectivity index (χ2v) is 5.69. The molecule has 1 aromatic rings. The van der Waals surface area contributed by atoms with E-state index in [1.165, 1.54) is 4.90 Å². The molecule has 1 heterocycles. The molecule has 1 aromatic carbocycles. The molecule has 0 unspecified atom stereocenters. The Morgan fingerprint density at radius 2 is 1.64 bits per heavy atom. The quantitative estimate of drug-likeness (QED) is 0.459. The van der Waals surface area contributed by atoms with Crippen LogP contribution in [0.25, 0.3) is 0 Å². The Kier molecular flexibility index (Phi) is 5.74. The Morgan fingerprint density at radius 1 is 1.12 bits per heavy atom. The van der Waals surface area contributed by atoms with Gasteiger partial charge in [0.2, 0.25) is 0 Å². The predicted octanol–water partition coefficient (Wildman–Crippen LogP) is -0.604. The molecule has 0 bridgehead atoms. The average Bonchev–Trinajstić information content (AvgIpc) is 2.54. The van der Waals surface area contributed by atoms with E-state index in [9.17, 15) is 33.4 Å². The van der Waals surface area contributed by atoms with Gasteiger partial charge in [-0.15, -0.1) is 0 Å². The molecule has 25 heavy (non-hydrogen) atoms. The molecule has 1 aliphatic heterocycles. The van der Waals surface area contributed by atoms with Gasteiger partial charge in [-0.1, -0.05) is 0 Å². The number of anilines is 1. The lowest BCUT2D eigenvalue weighted by molar-refractivity contribution is -0.945. The molecular weight excluding hydrogens is 347 g/mol. The van der Waals surface area contributed by atoms with Gasteiger partial charge in [0, 0.05) is 12.1 Å². The Labute approximate surface area is 140 Å². The summed E-state index contributed by atoms with van der Waals surface area (Å²) in [5, 5.41) is 27.0. The topological polar surface area (TPSA) is 119 Å². The van der Waals surface area contributed by atoms with Crippen LogP contribution in [-0.4, -0.2) is 49.1 Å². The third kappa shape index (κ3) is 4.76. The number of halogens is 3. The monoisotopic (exact) mass is 365 g/mol. The summed E-state index contributed by atoms with van der Waals surface area (Å²) >= 11 is 0. The summed E-state index contributed by atoms with van der Waals surface area (Å²) in [6.45, 7) is 4.40. The van der Waals surface area contributed by atoms with Crippen molar-refractivity contribution in [1.82, 2.24) is 0 Å². The summed E-state index contributed by atoms with van der Waals surface area (Å²) in [6.07, 6.45) is -4.91. The van der Waals surface area contributed by atoms with E-state index in [2.05, 4.69) is 10.6 Å². The summed E-state index contributed by atoms with van der Waals surface area (Å²) in [4.78, 5) is 21.3. The number of hydrogen-bond donors (Lipinski definition) is 3. The molecule has 0 radical (unpaired) electrons. The van der Waals surface area contributed by atoms with Crippen molar-refractivity contribution in [2.24, 2.45) is 0 Å². The molecule has 1 saturated heterocycles. The highest BCUT2D eigenvalue weighted by atomic mass is 19.4. The maximum Gasteiger partial charge on any atom is 0.416 e. The number of hydrogen-bond acceptors (Lipinski definition) is 5. The van der Waals surface area contributed by atoms with Crippen LogP contribution in [0.3, 0.4) is 0 Å². The van der Waals surface area contributed by atoms with Crippen LogP contribution in [0.2, 0.25) is 0 Å². The van der Waals surface area contributed by atoms with Crippen molar-refractivity contribution in [2.45, 2.75) is 6.18 Å². The third-order valence-corrected chi connectivity index (χ3v) is 4.00. The molecule has 1 fully saturated rings. The lowest BCUT2D eigenvalue weighted by atomic mass is 10.1. The molecule has 1 aliphatic rings. The summed E-state index contributed by atoms with van der Waals surface area (Å²) < 4.78 is 38.5. The van der Waals surface area contributed by atoms with Crippen molar-refractivity contribution in [3.63, 3.8) is 0 Å². The molecular formula is C13H18F3N5O4+2. The number of nitrogens with one attached hydrogen (secondary N) is 2. The Balaban J connectivity index is 2.27. The van der Waals surface area contributed by atoms with Crippen molar-refractivity contribution in [3.8, 4) is 0 Å². The fourth-order valence-corrected chi connectivity index (χ4v) is 2.74. The second-order valence-electron chi connectivity index (χ2n) is 5.69. The Bertz CT molecular complexity index is 627. The zero-order chi connectivity index (χ0) is 18.6. The number of nitro groups is 2. The van der Waals surface area contributed by atoms with Gasteiger partial charge in [-0.25, -0.2) is 0 Å². The molecule has 0 aliphatic carbocycles. The smallest absolute Gasteiger partial charge is 0.368 e. The number of piperazine rings is 1. The first-order valence-electron chi connectivity index (χ1n) is 7.63. The van der Waals surface area contributed by atoms with E-state index in [1.54, 1.807) is 0 Å². The predicted molar refractivity (Wildman–Crippen MR) is 80.5 cm³/mol. The number of nitrogens with two attached hydrogens (primary N) is 1. The number of nitrogens with zero attached hydrogens (tertiary/aromatic N) is 2. The minimum absolute atomic E-state index is 0.183. The number of benzene rings is 1. The van der Waals surface area contributed by atoms with Crippen molar-refractivity contribution in [2.75, 3.05) is 44.6 Å². The number of quaternary nitrogens is 2.